The van der Waals surface area contributed by atoms with Gasteiger partial charge in [-0.05, 0) is 42.9 Å². The first-order valence-electron chi connectivity index (χ1n) is 10.4. The minimum absolute atomic E-state index is 0.112. The number of aliphatic carboxylic acids is 1. The molecule has 1 aliphatic rings. The third kappa shape index (κ3) is 7.02. The molecule has 1 amide bonds. The summed E-state index contributed by atoms with van der Waals surface area (Å²) in [6.07, 6.45) is 2.89. The van der Waals surface area contributed by atoms with Crippen LogP contribution in [-0.2, 0) is 22.6 Å². The second-order valence-electron chi connectivity index (χ2n) is 7.88. The number of carboxylic acid groups (broad SMARTS) is 1. The second-order valence-corrected chi connectivity index (χ2v) is 7.88. The van der Waals surface area contributed by atoms with Crippen LogP contribution in [-0.4, -0.2) is 53.0 Å². The molecule has 1 unspecified atom stereocenters. The van der Waals surface area contributed by atoms with Gasteiger partial charge in [0.25, 0.3) is 0 Å². The molecule has 154 valence electrons. The zero-order chi connectivity index (χ0) is 20.5. The van der Waals surface area contributed by atoms with E-state index in [2.05, 4.69) is 17.0 Å². The molecule has 29 heavy (non-hydrogen) atoms. The molecule has 2 aromatic rings. The van der Waals surface area contributed by atoms with E-state index in [1.54, 1.807) is 0 Å². The highest BCUT2D eigenvalue weighted by Crippen LogP contribution is 2.20. The number of carboxylic acids is 1. The zero-order valence-corrected chi connectivity index (χ0v) is 16.9. The van der Waals surface area contributed by atoms with Gasteiger partial charge in [-0.3, -0.25) is 14.5 Å². The highest BCUT2D eigenvalue weighted by molar-refractivity contribution is 5.78. The molecule has 1 saturated heterocycles. The monoisotopic (exact) mass is 394 g/mol. The highest BCUT2D eigenvalue weighted by Gasteiger charge is 2.25. The SMILES string of the molecule is O=C(O)CC1CCCN(CC(=O)N(CCc2ccccc2)Cc2ccccc2)C1. The van der Waals surface area contributed by atoms with Crippen molar-refractivity contribution in [2.24, 2.45) is 5.92 Å². The topological polar surface area (TPSA) is 60.9 Å². The van der Waals surface area contributed by atoms with E-state index in [4.69, 9.17) is 5.11 Å². The van der Waals surface area contributed by atoms with Crippen LogP contribution in [0.5, 0.6) is 0 Å². The Kier molecular flexibility index (Phi) is 7.82. The van der Waals surface area contributed by atoms with Gasteiger partial charge < -0.3 is 10.0 Å². The molecule has 0 saturated carbocycles. The number of amides is 1. The van der Waals surface area contributed by atoms with Crippen molar-refractivity contribution in [2.75, 3.05) is 26.2 Å². The number of hydrogen-bond donors (Lipinski definition) is 1. The normalized spacial score (nSPS) is 17.0. The summed E-state index contributed by atoms with van der Waals surface area (Å²) in [5, 5.41) is 9.07. The highest BCUT2D eigenvalue weighted by atomic mass is 16.4. The van der Waals surface area contributed by atoms with E-state index in [1.165, 1.54) is 5.56 Å². The van der Waals surface area contributed by atoms with E-state index < -0.39 is 5.97 Å². The molecule has 1 N–H and O–H groups in total. The van der Waals surface area contributed by atoms with Crippen LogP contribution in [0.3, 0.4) is 0 Å². The van der Waals surface area contributed by atoms with Gasteiger partial charge in [0.1, 0.15) is 0 Å². The van der Waals surface area contributed by atoms with Crippen molar-refractivity contribution in [1.29, 1.82) is 0 Å². The van der Waals surface area contributed by atoms with Crippen molar-refractivity contribution >= 4 is 11.9 Å². The molecule has 0 aromatic heterocycles. The largest absolute Gasteiger partial charge is 0.481 e. The van der Waals surface area contributed by atoms with Crippen LogP contribution in [0.2, 0.25) is 0 Å². The number of rotatable bonds is 9. The minimum Gasteiger partial charge on any atom is -0.481 e. The van der Waals surface area contributed by atoms with Gasteiger partial charge in [0, 0.05) is 26.1 Å². The standard InChI is InChI=1S/C24H30N2O3/c27-23(19-25-14-7-12-22(17-25)16-24(28)29)26(18-21-10-5-2-6-11-21)15-13-20-8-3-1-4-9-20/h1-6,8-11,22H,7,12-19H2,(H,28,29). The van der Waals surface area contributed by atoms with Crippen molar-refractivity contribution in [3.8, 4) is 0 Å². The van der Waals surface area contributed by atoms with Crippen LogP contribution in [0.25, 0.3) is 0 Å². The lowest BCUT2D eigenvalue weighted by molar-refractivity contribution is -0.138. The Morgan fingerprint density at radius 2 is 1.66 bits per heavy atom. The minimum atomic E-state index is -0.753. The maximum absolute atomic E-state index is 13.1. The first-order valence-corrected chi connectivity index (χ1v) is 10.4. The lowest BCUT2D eigenvalue weighted by Gasteiger charge is -2.33. The zero-order valence-electron chi connectivity index (χ0n) is 16.9. The smallest absolute Gasteiger partial charge is 0.303 e. The Hall–Kier alpha value is -2.66. The Bertz CT molecular complexity index is 779. The summed E-state index contributed by atoms with van der Waals surface area (Å²) in [6, 6.07) is 20.3. The van der Waals surface area contributed by atoms with Gasteiger partial charge >= 0.3 is 5.97 Å². The quantitative estimate of drug-likeness (QED) is 0.708. The van der Waals surface area contributed by atoms with Gasteiger partial charge in [-0.1, -0.05) is 60.7 Å². The van der Waals surface area contributed by atoms with Crippen molar-refractivity contribution < 1.29 is 14.7 Å². The van der Waals surface area contributed by atoms with E-state index in [0.29, 0.717) is 26.2 Å². The van der Waals surface area contributed by atoms with Crippen LogP contribution in [0, 0.1) is 5.92 Å². The van der Waals surface area contributed by atoms with Gasteiger partial charge in [0.2, 0.25) is 5.91 Å². The molecule has 1 atom stereocenters. The number of piperidine rings is 1. The third-order valence-electron chi connectivity index (χ3n) is 5.51. The average Bonchev–Trinajstić information content (AvgIpc) is 2.72. The molecule has 0 aliphatic carbocycles. The fourth-order valence-corrected chi connectivity index (χ4v) is 4.00. The van der Waals surface area contributed by atoms with Gasteiger partial charge in [-0.15, -0.1) is 0 Å². The van der Waals surface area contributed by atoms with Gasteiger partial charge in [0.15, 0.2) is 0 Å². The summed E-state index contributed by atoms with van der Waals surface area (Å²) in [6.45, 7) is 3.18. The molecule has 0 radical (unpaired) electrons. The molecule has 5 nitrogen and oxygen atoms in total. The Morgan fingerprint density at radius 3 is 2.31 bits per heavy atom. The first kappa shape index (κ1) is 21.1. The number of carbonyl (C=O) groups is 2. The summed E-state index contributed by atoms with van der Waals surface area (Å²) in [7, 11) is 0. The number of benzene rings is 2. The predicted octanol–water partition coefficient (Wildman–Crippen LogP) is 3.44. The molecule has 2 aromatic carbocycles. The fraction of sp³-hybridized carbons (Fsp3) is 0.417. The third-order valence-corrected chi connectivity index (χ3v) is 5.51. The van der Waals surface area contributed by atoms with E-state index in [-0.39, 0.29) is 18.2 Å². The molecule has 1 fully saturated rings. The van der Waals surface area contributed by atoms with E-state index in [0.717, 1.165) is 31.4 Å². The molecular formula is C24H30N2O3. The summed E-state index contributed by atoms with van der Waals surface area (Å²) >= 11 is 0. The van der Waals surface area contributed by atoms with Crippen molar-refractivity contribution in [1.82, 2.24) is 9.80 Å². The number of hydrogen-bond acceptors (Lipinski definition) is 3. The molecule has 1 aliphatic heterocycles. The Balaban J connectivity index is 1.62. The molecule has 0 spiro atoms. The lowest BCUT2D eigenvalue weighted by atomic mass is 9.95. The van der Waals surface area contributed by atoms with Crippen LogP contribution < -0.4 is 0 Å². The summed E-state index contributed by atoms with van der Waals surface area (Å²) in [5.74, 6) is -0.501. The maximum atomic E-state index is 13.1. The van der Waals surface area contributed by atoms with Gasteiger partial charge in [-0.2, -0.15) is 0 Å². The molecule has 5 heteroatoms. The molecule has 0 bridgehead atoms. The summed E-state index contributed by atoms with van der Waals surface area (Å²) in [4.78, 5) is 28.2. The van der Waals surface area contributed by atoms with Crippen molar-refractivity contribution in [3.05, 3.63) is 71.8 Å². The van der Waals surface area contributed by atoms with Crippen molar-refractivity contribution in [2.45, 2.75) is 32.2 Å². The van der Waals surface area contributed by atoms with Gasteiger partial charge in [0.05, 0.1) is 6.54 Å². The average molecular weight is 395 g/mol. The molecular weight excluding hydrogens is 364 g/mol. The molecule has 3 rings (SSSR count). The van der Waals surface area contributed by atoms with Crippen LogP contribution in [0.15, 0.2) is 60.7 Å². The van der Waals surface area contributed by atoms with E-state index in [1.807, 2.05) is 53.4 Å². The lowest BCUT2D eigenvalue weighted by Crippen LogP contribution is -2.44. The fourth-order valence-electron chi connectivity index (χ4n) is 4.00. The number of carbonyl (C=O) groups excluding carboxylic acids is 1. The Labute approximate surface area is 172 Å². The van der Waals surface area contributed by atoms with Gasteiger partial charge in [-0.25, -0.2) is 0 Å². The molecule has 1 heterocycles. The van der Waals surface area contributed by atoms with E-state index >= 15 is 0 Å². The Morgan fingerprint density at radius 1 is 1.00 bits per heavy atom. The summed E-state index contributed by atoms with van der Waals surface area (Å²) < 4.78 is 0. The van der Waals surface area contributed by atoms with Crippen LogP contribution in [0.4, 0.5) is 0 Å². The van der Waals surface area contributed by atoms with Crippen LogP contribution >= 0.6 is 0 Å². The number of nitrogens with zero attached hydrogens (tertiary/aromatic N) is 2. The second kappa shape index (κ2) is 10.8. The maximum Gasteiger partial charge on any atom is 0.303 e. The summed E-state index contributed by atoms with van der Waals surface area (Å²) in [5.41, 5.74) is 2.34. The van der Waals surface area contributed by atoms with E-state index in [9.17, 15) is 9.59 Å². The predicted molar refractivity (Wildman–Crippen MR) is 113 cm³/mol. The van der Waals surface area contributed by atoms with Crippen LogP contribution in [0.1, 0.15) is 30.4 Å². The first-order chi connectivity index (χ1) is 14.1. The number of likely N-dealkylation sites (tertiary alicyclic amines) is 1. The van der Waals surface area contributed by atoms with Crippen molar-refractivity contribution in [3.63, 3.8) is 0 Å².